The maximum atomic E-state index is 12.2. The molecule has 2 aromatic heterocycles. The number of nitrogens with two attached hydrogens (primary N) is 10. The third kappa shape index (κ3) is 54.1. The zero-order valence-electron chi connectivity index (χ0n) is 70.2. The van der Waals surface area contributed by atoms with E-state index in [-0.39, 0.29) is 141 Å². The molecule has 0 fully saturated rings. The second-order valence-corrected chi connectivity index (χ2v) is 28.8. The first-order valence-electron chi connectivity index (χ1n) is 39.2. The number of guanidine groups is 1. The van der Waals surface area contributed by atoms with Crippen molar-refractivity contribution in [2.75, 3.05) is 100 Å². The number of aromatic hydroxyl groups is 1. The van der Waals surface area contributed by atoms with E-state index in [1.165, 1.54) is 22.9 Å². The Morgan fingerprint density at radius 1 is 0.442 bits per heavy atom. The molecule has 0 aliphatic carbocycles. The number of phenols is 1. The van der Waals surface area contributed by atoms with E-state index in [0.717, 1.165) is 99.3 Å². The number of hydrogen-bond acceptors (Lipinski definition) is 28. The minimum Gasteiger partial charge on any atom is -0.508 e. The van der Waals surface area contributed by atoms with Crippen LogP contribution in [-0.2, 0) is 81.9 Å². The Hall–Kier alpha value is -13.6. The van der Waals surface area contributed by atoms with Crippen LogP contribution >= 0.6 is 50.9 Å². The number of thioether (sulfide) groups is 1. The summed E-state index contributed by atoms with van der Waals surface area (Å²) >= 11 is 15.6. The number of alkyl carbamates (subject to hydrolysis) is 2. The Bertz CT molecular complexity index is 4810. The summed E-state index contributed by atoms with van der Waals surface area (Å²) in [5.41, 5.74) is 58.8. The third-order valence-electron chi connectivity index (χ3n) is 16.2. The van der Waals surface area contributed by atoms with Crippen LogP contribution in [0.3, 0.4) is 0 Å². The molecule has 11 amide bonds. The molecule has 0 bridgehead atoms. The molecular weight excluding hydrogens is 1800 g/mol. The summed E-state index contributed by atoms with van der Waals surface area (Å²) in [6.45, 7) is 3.36. The minimum absolute atomic E-state index is 0. The molecule has 0 aliphatic rings. The van der Waals surface area contributed by atoms with Crippen LogP contribution in [0.15, 0.2) is 168 Å². The monoisotopic (exact) mass is 1910 g/mol. The van der Waals surface area contributed by atoms with Crippen LogP contribution in [0.2, 0.25) is 10.3 Å². The van der Waals surface area contributed by atoms with Crippen molar-refractivity contribution in [3.8, 4) is 23.0 Å². The average molecular weight is 1910 g/mol. The van der Waals surface area contributed by atoms with Gasteiger partial charge in [0.25, 0.3) is 29.5 Å². The van der Waals surface area contributed by atoms with E-state index < -0.39 is 47.4 Å². The van der Waals surface area contributed by atoms with Crippen LogP contribution < -0.4 is 103 Å². The zero-order chi connectivity index (χ0) is 93.7. The van der Waals surface area contributed by atoms with Crippen molar-refractivity contribution in [2.45, 2.75) is 112 Å². The largest absolute Gasteiger partial charge is 0.508 e. The highest BCUT2D eigenvalue weighted by Crippen LogP contribution is 2.22. The number of nitrogens with zero attached hydrogens (tertiary/aromatic N) is 6. The van der Waals surface area contributed by atoms with E-state index in [9.17, 15) is 57.8 Å². The van der Waals surface area contributed by atoms with E-state index >= 15 is 0 Å². The quantitative estimate of drug-likeness (QED) is 0.00779. The van der Waals surface area contributed by atoms with Gasteiger partial charge in [0.15, 0.2) is 70.7 Å². The number of halogens is 3. The van der Waals surface area contributed by atoms with Crippen molar-refractivity contribution in [1.29, 1.82) is 0 Å². The summed E-state index contributed by atoms with van der Waals surface area (Å²) in [6.07, 6.45) is 11.8. The first kappa shape index (κ1) is 113. The van der Waals surface area contributed by atoms with E-state index in [1.807, 2.05) is 121 Å². The maximum Gasteiger partial charge on any atom is 0.407 e. The van der Waals surface area contributed by atoms with Crippen molar-refractivity contribution in [3.63, 3.8) is 0 Å². The molecule has 6 aromatic carbocycles. The van der Waals surface area contributed by atoms with Crippen LogP contribution in [0.4, 0.5) is 32.9 Å². The lowest BCUT2D eigenvalue weighted by Gasteiger charge is -2.08. The van der Waals surface area contributed by atoms with Gasteiger partial charge in [-0.15, -0.1) is 11.8 Å². The number of nitrogen functional groups attached to an aromatic ring is 4. The molecule has 0 spiro atoms. The molecule has 39 nitrogen and oxygen atoms in total. The number of primary amides is 4. The fraction of sp³-hybridized carbons (Fsp3) is 0.337. The van der Waals surface area contributed by atoms with Gasteiger partial charge in [-0.2, -0.15) is 0 Å². The number of carbonyl (C=O) groups excluding carboxylic acids is 11. The molecule has 0 aliphatic heterocycles. The van der Waals surface area contributed by atoms with Crippen molar-refractivity contribution >= 4 is 151 Å². The molecule has 8 rings (SSSR count). The molecule has 0 radical (unpaired) electrons. The van der Waals surface area contributed by atoms with E-state index in [1.54, 1.807) is 49.6 Å². The number of aryl methyl sites for hydroxylation is 4. The van der Waals surface area contributed by atoms with Gasteiger partial charge in [-0.05, 0) is 179 Å². The number of amides is 11. The summed E-state index contributed by atoms with van der Waals surface area (Å²) in [6, 6.07) is 48.6. The van der Waals surface area contributed by atoms with Crippen molar-refractivity contribution in [1.82, 2.24) is 51.8 Å². The fourth-order valence-electron chi connectivity index (χ4n) is 9.69. The van der Waals surface area contributed by atoms with Crippen LogP contribution in [0.1, 0.15) is 128 Å². The normalized spacial score (nSPS) is 10.3. The lowest BCUT2D eigenvalue weighted by molar-refractivity contribution is -0.126. The number of nitrogens with one attached hydrogen (secondary N) is 6. The Morgan fingerprint density at radius 3 is 1.13 bits per heavy atom. The Balaban J connectivity index is 0.000000809. The lowest BCUT2D eigenvalue weighted by Crippen LogP contribution is -2.38. The second kappa shape index (κ2) is 66.8. The average Bonchev–Trinajstić information content (AvgIpc) is 0.838. The number of hydrogen-bond donors (Lipinski definition) is 17. The van der Waals surface area contributed by atoms with Gasteiger partial charge >= 0.3 is 12.2 Å². The summed E-state index contributed by atoms with van der Waals surface area (Å²) < 4.78 is 26.3. The van der Waals surface area contributed by atoms with Gasteiger partial charge in [0, 0.05) is 19.6 Å². The molecule has 43 heteroatoms. The van der Waals surface area contributed by atoms with Gasteiger partial charge in [0.2, 0.25) is 23.6 Å². The Kier molecular flexibility index (Phi) is 58.7. The third-order valence-corrected chi connectivity index (χ3v) is 18.0. The highest BCUT2D eigenvalue weighted by atomic mass is 79.9. The van der Waals surface area contributed by atoms with E-state index in [4.69, 9.17) is 98.5 Å². The summed E-state index contributed by atoms with van der Waals surface area (Å²) in [5, 5.41) is 24.8. The van der Waals surface area contributed by atoms with E-state index in [2.05, 4.69) is 83.5 Å². The molecule has 129 heavy (non-hydrogen) atoms. The van der Waals surface area contributed by atoms with Crippen LogP contribution in [0, 0.1) is 0 Å². The number of rotatable bonds is 41. The molecule has 0 atom stereocenters. The molecule has 27 N–H and O–H groups in total. The number of benzene rings is 6. The highest BCUT2D eigenvalue weighted by molar-refractivity contribution is 9.09. The first-order valence-corrected chi connectivity index (χ1v) is 42.3. The van der Waals surface area contributed by atoms with Gasteiger partial charge in [0.05, 0.1) is 30.0 Å². The van der Waals surface area contributed by atoms with Crippen molar-refractivity contribution < 1.29 is 81.5 Å². The van der Waals surface area contributed by atoms with Crippen LogP contribution in [-0.4, -0.2) is 179 Å². The standard InChI is InChI=1S/C22H27N3O5.C20H26ClN9O4.C18H21NO3.C14H21N3O3.C8H10ClN5OS.C2H4BrNO.2CH4/c23-20(26)14-25-21(27)16-29-19-11-9-17(10-12-19)6-4-5-13-24-22(28)30-15-18-7-2-1-3-8-18;21-16-18(24)29-17(23)15(28-16)19(33)30-20(25)26-8-2-1-3-11-4-6-12(7-5-11)34-10-14(32)27-9-13(22)31;20-17-11-9-15(10-12-17)6-4-5-13-19-18(21)22-14-16-7-2-1-3-8-16;15-8-2-1-3-11-4-6-12(7-5-11)20-10-14(19)17-9-13(16)18;1-3(16-2)12-8(15)4-6(10)14-7(11)5(9)13-4;3-1-2(4)5;;/h1-3,7-12H,4-6,13-16H2,(H2,23,26)(H,24,28)(H,25,27);4-7H,1-3,8-10H2,(H2,22,31)(H,27,32)(H4,23,24,29)(H3,25,26,30,33);1-3,7-12,20H,4-6,13-14H2,(H,19,21);4-7H,1-3,8-10,15H2,(H2,16,18)(H,17,19);1-2H3,(H4,10,11,14);1H2,(H2,4,5);2*1H4. The molecule has 0 saturated heterocycles. The first-order chi connectivity index (χ1) is 60.7. The smallest absolute Gasteiger partial charge is 0.407 e. The molecular formula is C86H117BrCl2N22O17S. The summed E-state index contributed by atoms with van der Waals surface area (Å²) in [5.74, 6) is -3.08. The topological polar surface area (TPSA) is 663 Å². The number of aliphatic imine (C=N–C) groups is 2. The second-order valence-electron chi connectivity index (χ2n) is 26.5. The number of alkyl halides is 1. The Labute approximate surface area is 771 Å². The van der Waals surface area contributed by atoms with Crippen LogP contribution in [0.25, 0.3) is 0 Å². The Morgan fingerprint density at radius 2 is 0.783 bits per heavy atom. The van der Waals surface area contributed by atoms with Gasteiger partial charge in [0.1, 0.15) is 36.2 Å². The van der Waals surface area contributed by atoms with Gasteiger partial charge < -0.3 is 113 Å². The molecule has 700 valence electrons. The molecule has 2 heterocycles. The lowest BCUT2D eigenvalue weighted by atomic mass is 10.1. The van der Waals surface area contributed by atoms with Gasteiger partial charge in [-0.25, -0.2) is 34.5 Å². The number of anilines is 4. The zero-order valence-corrected chi connectivity index (χ0v) is 74.1. The predicted octanol–water partition coefficient (Wildman–Crippen LogP) is 7.20. The van der Waals surface area contributed by atoms with E-state index in [0.29, 0.717) is 55.1 Å². The fourth-order valence-corrected chi connectivity index (χ4v) is 10.1. The molecule has 0 unspecified atom stereocenters. The van der Waals surface area contributed by atoms with Crippen molar-refractivity contribution in [2.24, 2.45) is 44.4 Å². The predicted molar refractivity (Wildman–Crippen MR) is 504 cm³/mol. The van der Waals surface area contributed by atoms with Gasteiger partial charge in [-0.1, -0.05) is 163 Å². The molecule has 0 saturated carbocycles. The number of unbranched alkanes of at least 4 members (excludes halogenated alkanes) is 4. The van der Waals surface area contributed by atoms with Gasteiger partial charge in [-0.3, -0.25) is 53.5 Å². The van der Waals surface area contributed by atoms with Crippen molar-refractivity contribution in [3.05, 3.63) is 213 Å². The minimum atomic E-state index is -0.694. The molecule has 8 aromatic rings. The SMILES string of the molecule is C.C.CSC(C)=NC(=O)c1nc(Cl)c(N)nc1N.NC(=O)CBr.NC(=O)CNC(=O)COc1ccc(CCCCN=C(N)NC(=O)c2nc(Cl)c(N)nc2N)cc1.NC(=O)CNC(=O)COc1ccc(CCCCNC(=O)OCc2ccccc2)cc1.NCCCCc1ccc(OCC(=O)NCC(N)=O)cc1.O=C(NCCCCc1ccc(O)cc1)OCc1ccccc1. The number of phenolic OH excluding ortho intramolecular Hbond substituents is 1. The highest BCUT2D eigenvalue weighted by Gasteiger charge is 2.19. The number of ether oxygens (including phenoxy) is 5. The summed E-state index contributed by atoms with van der Waals surface area (Å²) in [7, 11) is 0. The summed E-state index contributed by atoms with van der Waals surface area (Å²) in [4.78, 5) is 145. The van der Waals surface area contributed by atoms with Crippen LogP contribution in [0.5, 0.6) is 23.0 Å². The number of carbonyl (C=O) groups is 11. The number of aromatic nitrogens is 4. The maximum absolute atomic E-state index is 12.2.